The third-order valence-electron chi connectivity index (χ3n) is 2.96. The van der Waals surface area contributed by atoms with E-state index in [4.69, 9.17) is 4.74 Å². The van der Waals surface area contributed by atoms with Crippen LogP contribution in [0.2, 0.25) is 0 Å². The number of rotatable bonds is 5. The number of hydrogen-bond donors (Lipinski definition) is 1. The highest BCUT2D eigenvalue weighted by Gasteiger charge is 2.29. The molecule has 5 nitrogen and oxygen atoms in total. The summed E-state index contributed by atoms with van der Waals surface area (Å²) in [4.78, 5) is 24.7. The normalized spacial score (nSPS) is 12.1. The SMILES string of the molecule is COc1ccc(C(=O)N(C)C(C(=O)O)C(C)C)cc1. The van der Waals surface area contributed by atoms with Crippen molar-refractivity contribution in [1.29, 1.82) is 0 Å². The molecule has 1 amide bonds. The van der Waals surface area contributed by atoms with Gasteiger partial charge in [-0.2, -0.15) is 0 Å². The van der Waals surface area contributed by atoms with Gasteiger partial charge in [-0.3, -0.25) is 4.79 Å². The molecule has 0 saturated heterocycles. The van der Waals surface area contributed by atoms with Crippen molar-refractivity contribution < 1.29 is 19.4 Å². The van der Waals surface area contributed by atoms with E-state index >= 15 is 0 Å². The fourth-order valence-electron chi connectivity index (χ4n) is 1.96. The van der Waals surface area contributed by atoms with Gasteiger partial charge in [0.25, 0.3) is 5.91 Å². The zero-order chi connectivity index (χ0) is 14.6. The molecule has 0 aliphatic heterocycles. The Kier molecular flexibility index (Phi) is 4.92. The molecule has 0 aromatic heterocycles. The largest absolute Gasteiger partial charge is 0.497 e. The van der Waals surface area contributed by atoms with E-state index in [0.29, 0.717) is 11.3 Å². The van der Waals surface area contributed by atoms with Crippen molar-refractivity contribution in [3.05, 3.63) is 29.8 Å². The predicted octanol–water partition coefficient (Wildman–Crippen LogP) is 1.88. The summed E-state index contributed by atoms with van der Waals surface area (Å²) in [6.45, 7) is 3.55. The molecule has 0 heterocycles. The van der Waals surface area contributed by atoms with E-state index in [0.717, 1.165) is 0 Å². The summed E-state index contributed by atoms with van der Waals surface area (Å²) in [5.74, 6) is -0.828. The maximum atomic E-state index is 12.2. The maximum Gasteiger partial charge on any atom is 0.326 e. The second-order valence-corrected chi connectivity index (χ2v) is 4.67. The summed E-state index contributed by atoms with van der Waals surface area (Å²) in [5.41, 5.74) is 0.440. The van der Waals surface area contributed by atoms with Crippen LogP contribution in [0.5, 0.6) is 5.75 Å². The van der Waals surface area contributed by atoms with Crippen LogP contribution in [-0.4, -0.2) is 42.1 Å². The number of amides is 1. The smallest absolute Gasteiger partial charge is 0.326 e. The van der Waals surface area contributed by atoms with E-state index in [-0.39, 0.29) is 11.8 Å². The van der Waals surface area contributed by atoms with Gasteiger partial charge in [-0.05, 0) is 30.2 Å². The Morgan fingerprint density at radius 3 is 2.11 bits per heavy atom. The summed E-state index contributed by atoms with van der Waals surface area (Å²) in [6, 6.07) is 5.75. The number of hydrogen-bond acceptors (Lipinski definition) is 3. The van der Waals surface area contributed by atoms with Gasteiger partial charge in [0.05, 0.1) is 7.11 Å². The number of methoxy groups -OCH3 is 1. The molecule has 0 fully saturated rings. The molecular formula is C14H19NO4. The molecule has 1 aromatic rings. The van der Waals surface area contributed by atoms with E-state index in [1.54, 1.807) is 45.2 Å². The molecule has 19 heavy (non-hydrogen) atoms. The van der Waals surface area contributed by atoms with Crippen LogP contribution in [-0.2, 0) is 4.79 Å². The van der Waals surface area contributed by atoms with Crippen molar-refractivity contribution in [2.75, 3.05) is 14.2 Å². The zero-order valence-electron chi connectivity index (χ0n) is 11.6. The van der Waals surface area contributed by atoms with Crippen molar-refractivity contribution in [3.8, 4) is 5.75 Å². The Bertz CT molecular complexity index is 453. The molecule has 1 aromatic carbocycles. The summed E-state index contributed by atoms with van der Waals surface area (Å²) in [7, 11) is 3.05. The van der Waals surface area contributed by atoms with Gasteiger partial charge in [0, 0.05) is 12.6 Å². The fourth-order valence-corrected chi connectivity index (χ4v) is 1.96. The molecule has 1 atom stereocenters. The standard InChI is InChI=1S/C14H19NO4/c1-9(2)12(14(17)18)15(3)13(16)10-5-7-11(19-4)8-6-10/h5-9,12H,1-4H3,(H,17,18). The van der Waals surface area contributed by atoms with E-state index < -0.39 is 12.0 Å². The molecule has 1 unspecified atom stereocenters. The first-order valence-electron chi connectivity index (χ1n) is 6.02. The monoisotopic (exact) mass is 265 g/mol. The third-order valence-corrected chi connectivity index (χ3v) is 2.96. The van der Waals surface area contributed by atoms with E-state index in [1.165, 1.54) is 11.9 Å². The Morgan fingerprint density at radius 2 is 1.74 bits per heavy atom. The molecule has 104 valence electrons. The number of carbonyl (C=O) groups excluding carboxylic acids is 1. The molecule has 1 N–H and O–H groups in total. The van der Waals surface area contributed by atoms with Gasteiger partial charge in [0.1, 0.15) is 11.8 Å². The van der Waals surface area contributed by atoms with E-state index in [9.17, 15) is 14.7 Å². The van der Waals surface area contributed by atoms with Crippen LogP contribution in [0.15, 0.2) is 24.3 Å². The molecule has 0 aliphatic rings. The van der Waals surface area contributed by atoms with E-state index in [2.05, 4.69) is 0 Å². The lowest BCUT2D eigenvalue weighted by atomic mass is 10.0. The average Bonchev–Trinajstić information content (AvgIpc) is 2.37. The highest BCUT2D eigenvalue weighted by Crippen LogP contribution is 2.16. The second-order valence-electron chi connectivity index (χ2n) is 4.67. The number of aliphatic carboxylic acids is 1. The fraction of sp³-hybridized carbons (Fsp3) is 0.429. The minimum atomic E-state index is -1.00. The van der Waals surface area contributed by atoms with E-state index in [1.807, 2.05) is 0 Å². The minimum Gasteiger partial charge on any atom is -0.497 e. The zero-order valence-corrected chi connectivity index (χ0v) is 11.6. The third kappa shape index (κ3) is 3.47. The number of carbonyl (C=O) groups is 2. The van der Waals surface area contributed by atoms with Gasteiger partial charge in [-0.25, -0.2) is 4.79 Å². The van der Waals surface area contributed by atoms with Crippen molar-refractivity contribution in [1.82, 2.24) is 4.90 Å². The van der Waals surface area contributed by atoms with Crippen molar-refractivity contribution in [3.63, 3.8) is 0 Å². The molecule has 0 aliphatic carbocycles. The van der Waals surface area contributed by atoms with Gasteiger partial charge in [0.15, 0.2) is 0 Å². The Hall–Kier alpha value is -2.04. The molecule has 5 heteroatoms. The van der Waals surface area contributed by atoms with Crippen LogP contribution >= 0.6 is 0 Å². The van der Waals surface area contributed by atoms with Crippen molar-refractivity contribution in [2.45, 2.75) is 19.9 Å². The Balaban J connectivity index is 2.94. The molecule has 0 saturated carbocycles. The lowest BCUT2D eigenvalue weighted by Gasteiger charge is -2.27. The molecular weight excluding hydrogens is 246 g/mol. The highest BCUT2D eigenvalue weighted by molar-refractivity contribution is 5.96. The van der Waals surface area contributed by atoms with Crippen molar-refractivity contribution in [2.24, 2.45) is 5.92 Å². The molecule has 0 bridgehead atoms. The number of nitrogens with zero attached hydrogens (tertiary/aromatic N) is 1. The van der Waals surface area contributed by atoms with Gasteiger partial charge in [-0.15, -0.1) is 0 Å². The van der Waals surface area contributed by atoms with Crippen LogP contribution in [0.3, 0.4) is 0 Å². The number of benzene rings is 1. The number of ether oxygens (including phenoxy) is 1. The summed E-state index contributed by atoms with van der Waals surface area (Å²) < 4.78 is 5.01. The van der Waals surface area contributed by atoms with Gasteiger partial charge in [-0.1, -0.05) is 13.8 Å². The maximum absolute atomic E-state index is 12.2. The first-order valence-corrected chi connectivity index (χ1v) is 6.02. The van der Waals surface area contributed by atoms with Crippen LogP contribution < -0.4 is 4.74 Å². The van der Waals surface area contributed by atoms with Crippen LogP contribution in [0.4, 0.5) is 0 Å². The minimum absolute atomic E-state index is 0.162. The topological polar surface area (TPSA) is 66.8 Å². The molecule has 1 rings (SSSR count). The lowest BCUT2D eigenvalue weighted by molar-refractivity contribution is -0.143. The van der Waals surface area contributed by atoms with Gasteiger partial charge >= 0.3 is 5.97 Å². The lowest BCUT2D eigenvalue weighted by Crippen LogP contribution is -2.45. The van der Waals surface area contributed by atoms with Gasteiger partial charge in [0.2, 0.25) is 0 Å². The molecule has 0 spiro atoms. The first kappa shape index (κ1) is 15.0. The average molecular weight is 265 g/mol. The number of likely N-dealkylation sites (N-methyl/N-ethyl adjacent to an activating group) is 1. The Labute approximate surface area is 112 Å². The number of carboxylic acids is 1. The molecule has 0 radical (unpaired) electrons. The second kappa shape index (κ2) is 6.22. The van der Waals surface area contributed by atoms with Crippen LogP contribution in [0, 0.1) is 5.92 Å². The summed E-state index contributed by atoms with van der Waals surface area (Å²) >= 11 is 0. The Morgan fingerprint density at radius 1 is 1.21 bits per heavy atom. The van der Waals surface area contributed by atoms with Crippen LogP contribution in [0.25, 0.3) is 0 Å². The predicted molar refractivity (Wildman–Crippen MR) is 71.3 cm³/mol. The quantitative estimate of drug-likeness (QED) is 0.882. The highest BCUT2D eigenvalue weighted by atomic mass is 16.5. The van der Waals surface area contributed by atoms with Crippen LogP contribution in [0.1, 0.15) is 24.2 Å². The van der Waals surface area contributed by atoms with Crippen molar-refractivity contribution >= 4 is 11.9 Å². The first-order chi connectivity index (χ1) is 8.88. The van der Waals surface area contributed by atoms with Gasteiger partial charge < -0.3 is 14.7 Å². The summed E-state index contributed by atoms with van der Waals surface area (Å²) in [5, 5.41) is 9.18. The summed E-state index contributed by atoms with van der Waals surface area (Å²) in [6.07, 6.45) is 0. The number of carboxylic acid groups (broad SMARTS) is 1.